The molecule has 1 atom stereocenters. The van der Waals surface area contributed by atoms with Crippen LogP contribution in [0, 0.1) is 0 Å². The van der Waals surface area contributed by atoms with E-state index in [0.717, 1.165) is 26.1 Å². The Hall–Kier alpha value is -2.12. The number of ether oxygens (including phenoxy) is 1. The van der Waals surface area contributed by atoms with E-state index in [1.54, 1.807) is 22.8 Å². The van der Waals surface area contributed by atoms with Crippen molar-refractivity contribution in [1.82, 2.24) is 19.8 Å². The topological polar surface area (TPSA) is 76.5 Å². The van der Waals surface area contributed by atoms with Crippen LogP contribution in [0.5, 0.6) is 0 Å². The van der Waals surface area contributed by atoms with Crippen molar-refractivity contribution in [2.75, 3.05) is 19.6 Å². The van der Waals surface area contributed by atoms with Gasteiger partial charge in [-0.3, -0.25) is 9.36 Å². The number of hydrogen-bond donors (Lipinski definition) is 1. The SMILES string of the molecule is C[C@H](NC(=O)OC(C)(C)C)c1nc2cccc(Cl)c2c(=O)n1CCCN1CCCCC1. The smallest absolute Gasteiger partial charge is 0.408 e. The number of carbonyl (C=O) groups is 1. The molecule has 1 aromatic carbocycles. The van der Waals surface area contributed by atoms with E-state index in [2.05, 4.69) is 10.2 Å². The van der Waals surface area contributed by atoms with E-state index in [-0.39, 0.29) is 5.56 Å². The maximum Gasteiger partial charge on any atom is 0.408 e. The molecule has 7 nitrogen and oxygen atoms in total. The lowest BCUT2D eigenvalue weighted by Gasteiger charge is -2.27. The van der Waals surface area contributed by atoms with E-state index in [1.165, 1.54) is 19.3 Å². The van der Waals surface area contributed by atoms with Crippen LogP contribution in [0.25, 0.3) is 10.9 Å². The summed E-state index contributed by atoms with van der Waals surface area (Å²) in [4.78, 5) is 32.8. The molecule has 0 bridgehead atoms. The number of nitrogens with zero attached hydrogens (tertiary/aromatic N) is 3. The first-order chi connectivity index (χ1) is 14.7. The Morgan fingerprint density at radius 3 is 2.61 bits per heavy atom. The lowest BCUT2D eigenvalue weighted by molar-refractivity contribution is 0.0504. The summed E-state index contributed by atoms with van der Waals surface area (Å²) >= 11 is 6.33. The molecule has 31 heavy (non-hydrogen) atoms. The zero-order valence-electron chi connectivity index (χ0n) is 18.9. The van der Waals surface area contributed by atoms with E-state index >= 15 is 0 Å². The predicted molar refractivity (Wildman–Crippen MR) is 124 cm³/mol. The number of likely N-dealkylation sites (tertiary alicyclic amines) is 1. The van der Waals surface area contributed by atoms with Gasteiger partial charge in [0.05, 0.1) is 22.0 Å². The molecule has 3 rings (SSSR count). The van der Waals surface area contributed by atoms with Crippen molar-refractivity contribution in [1.29, 1.82) is 0 Å². The molecule has 1 aliphatic heterocycles. The summed E-state index contributed by atoms with van der Waals surface area (Å²) in [5.74, 6) is 0.504. The third kappa shape index (κ3) is 6.20. The Kier molecular flexibility index (Phi) is 7.59. The zero-order chi connectivity index (χ0) is 22.6. The Morgan fingerprint density at radius 2 is 1.94 bits per heavy atom. The summed E-state index contributed by atoms with van der Waals surface area (Å²) in [5, 5.41) is 3.61. The fraction of sp³-hybridized carbons (Fsp3) is 0.609. The average molecular weight is 449 g/mol. The second kappa shape index (κ2) is 10.0. The number of alkyl carbamates (subject to hydrolysis) is 1. The molecule has 0 radical (unpaired) electrons. The molecular weight excluding hydrogens is 416 g/mol. The van der Waals surface area contributed by atoms with Crippen LogP contribution in [0.15, 0.2) is 23.0 Å². The Bertz CT molecular complexity index is 977. The van der Waals surface area contributed by atoms with Crippen molar-refractivity contribution in [2.45, 2.75) is 71.6 Å². The molecule has 1 saturated heterocycles. The first kappa shape index (κ1) is 23.5. The minimum absolute atomic E-state index is 0.179. The quantitative estimate of drug-likeness (QED) is 0.703. The third-order valence-electron chi connectivity index (χ3n) is 5.39. The first-order valence-corrected chi connectivity index (χ1v) is 11.4. The second-order valence-corrected chi connectivity index (χ2v) is 9.59. The lowest BCUT2D eigenvalue weighted by atomic mass is 10.1. The van der Waals surface area contributed by atoms with E-state index in [1.807, 2.05) is 27.7 Å². The van der Waals surface area contributed by atoms with Gasteiger partial charge in [-0.2, -0.15) is 0 Å². The van der Waals surface area contributed by atoms with E-state index < -0.39 is 17.7 Å². The molecule has 1 aliphatic rings. The monoisotopic (exact) mass is 448 g/mol. The number of benzene rings is 1. The van der Waals surface area contributed by atoms with Crippen molar-refractivity contribution < 1.29 is 9.53 Å². The average Bonchev–Trinajstić information content (AvgIpc) is 2.68. The summed E-state index contributed by atoms with van der Waals surface area (Å²) < 4.78 is 7.03. The molecular formula is C23H33ClN4O3. The van der Waals surface area contributed by atoms with E-state index in [4.69, 9.17) is 21.3 Å². The van der Waals surface area contributed by atoms with Crippen LogP contribution in [0.4, 0.5) is 4.79 Å². The number of piperidine rings is 1. The van der Waals surface area contributed by atoms with Gasteiger partial charge >= 0.3 is 6.09 Å². The molecule has 0 unspecified atom stereocenters. The van der Waals surface area contributed by atoms with Crippen LogP contribution in [0.1, 0.15) is 65.2 Å². The van der Waals surface area contributed by atoms with Crippen molar-refractivity contribution in [3.63, 3.8) is 0 Å². The molecule has 2 heterocycles. The molecule has 0 aliphatic carbocycles. The fourth-order valence-corrected chi connectivity index (χ4v) is 4.22. The number of hydrogen-bond acceptors (Lipinski definition) is 5. The molecule has 0 spiro atoms. The summed E-state index contributed by atoms with van der Waals surface area (Å²) in [6.07, 6.45) is 4.04. The molecule has 1 aromatic heterocycles. The maximum absolute atomic E-state index is 13.4. The van der Waals surface area contributed by atoms with Crippen LogP contribution >= 0.6 is 11.6 Å². The van der Waals surface area contributed by atoms with Gasteiger partial charge in [0.1, 0.15) is 11.4 Å². The summed E-state index contributed by atoms with van der Waals surface area (Å²) in [6.45, 7) is 10.9. The Morgan fingerprint density at radius 1 is 1.23 bits per heavy atom. The normalized spacial score (nSPS) is 16.3. The number of aromatic nitrogens is 2. The highest BCUT2D eigenvalue weighted by Gasteiger charge is 2.23. The summed E-state index contributed by atoms with van der Waals surface area (Å²) in [7, 11) is 0. The third-order valence-corrected chi connectivity index (χ3v) is 5.70. The second-order valence-electron chi connectivity index (χ2n) is 9.18. The highest BCUT2D eigenvalue weighted by molar-refractivity contribution is 6.35. The molecule has 2 aromatic rings. The van der Waals surface area contributed by atoms with Gasteiger partial charge in [0.15, 0.2) is 0 Å². The number of amides is 1. The maximum atomic E-state index is 13.4. The molecule has 1 amide bonds. The van der Waals surface area contributed by atoms with Gasteiger partial charge in [0.25, 0.3) is 5.56 Å². The van der Waals surface area contributed by atoms with Gasteiger partial charge in [-0.1, -0.05) is 24.1 Å². The van der Waals surface area contributed by atoms with Crippen LogP contribution in [0.3, 0.4) is 0 Å². The lowest BCUT2D eigenvalue weighted by Crippen LogP contribution is -2.37. The minimum atomic E-state index is -0.609. The molecule has 0 saturated carbocycles. The van der Waals surface area contributed by atoms with Crippen LogP contribution in [-0.4, -0.2) is 45.8 Å². The highest BCUT2D eigenvalue weighted by atomic mass is 35.5. The molecule has 1 fully saturated rings. The Balaban J connectivity index is 1.87. The van der Waals surface area contributed by atoms with Crippen molar-refractivity contribution in [3.05, 3.63) is 39.4 Å². The van der Waals surface area contributed by atoms with Crippen LogP contribution in [0.2, 0.25) is 5.02 Å². The van der Waals surface area contributed by atoms with Crippen LogP contribution in [-0.2, 0) is 11.3 Å². The molecule has 170 valence electrons. The minimum Gasteiger partial charge on any atom is -0.444 e. The number of rotatable bonds is 6. The Labute approximate surface area is 188 Å². The molecule has 8 heteroatoms. The zero-order valence-corrected chi connectivity index (χ0v) is 19.7. The van der Waals surface area contributed by atoms with Gasteiger partial charge in [0, 0.05) is 6.54 Å². The first-order valence-electron chi connectivity index (χ1n) is 11.1. The summed E-state index contributed by atoms with van der Waals surface area (Å²) in [5.41, 5.74) is -0.262. The van der Waals surface area contributed by atoms with Crippen molar-refractivity contribution in [2.24, 2.45) is 0 Å². The number of fused-ring (bicyclic) bond motifs is 1. The van der Waals surface area contributed by atoms with Gasteiger partial charge in [-0.25, -0.2) is 9.78 Å². The highest BCUT2D eigenvalue weighted by Crippen LogP contribution is 2.21. The van der Waals surface area contributed by atoms with Gasteiger partial charge in [-0.05, 0) is 78.7 Å². The number of nitrogens with one attached hydrogen (secondary N) is 1. The van der Waals surface area contributed by atoms with Gasteiger partial charge in [-0.15, -0.1) is 0 Å². The van der Waals surface area contributed by atoms with Crippen molar-refractivity contribution in [3.8, 4) is 0 Å². The van der Waals surface area contributed by atoms with E-state index in [0.29, 0.717) is 28.3 Å². The largest absolute Gasteiger partial charge is 0.444 e. The predicted octanol–water partition coefficient (Wildman–Crippen LogP) is 4.51. The van der Waals surface area contributed by atoms with E-state index in [9.17, 15) is 9.59 Å². The number of halogens is 1. The fourth-order valence-electron chi connectivity index (χ4n) is 3.97. The number of carbonyl (C=O) groups excluding carboxylic acids is 1. The van der Waals surface area contributed by atoms with Gasteiger partial charge < -0.3 is 15.0 Å². The van der Waals surface area contributed by atoms with Crippen LogP contribution < -0.4 is 10.9 Å². The standard InChI is InChI=1S/C23H33ClN4O3/c1-16(25-22(30)31-23(2,3)4)20-26-18-11-8-10-17(24)19(18)21(29)28(20)15-9-14-27-12-6-5-7-13-27/h8,10-11,16H,5-7,9,12-15H2,1-4H3,(H,25,30)/t16-/m0/s1. The summed E-state index contributed by atoms with van der Waals surface area (Å²) in [6, 6.07) is 4.74. The molecule has 1 N–H and O–H groups in total. The van der Waals surface area contributed by atoms with Crippen molar-refractivity contribution >= 4 is 28.6 Å². The van der Waals surface area contributed by atoms with Gasteiger partial charge in [0.2, 0.25) is 0 Å².